The molecule has 3 rings (SSSR count). The van der Waals surface area contributed by atoms with E-state index in [1.54, 1.807) is 30.3 Å². The zero-order valence-corrected chi connectivity index (χ0v) is 16.9. The number of halogens is 2. The molecule has 0 aliphatic carbocycles. The lowest BCUT2D eigenvalue weighted by Crippen LogP contribution is -1.93. The molecule has 0 spiro atoms. The van der Waals surface area contributed by atoms with E-state index in [2.05, 4.69) is 4.98 Å². The number of hydrogen-bond donors (Lipinski definition) is 3. The predicted molar refractivity (Wildman–Crippen MR) is 108 cm³/mol. The summed E-state index contributed by atoms with van der Waals surface area (Å²) in [4.78, 5) is 13.8. The third-order valence-electron chi connectivity index (χ3n) is 3.96. The van der Waals surface area contributed by atoms with E-state index < -0.39 is 0 Å². The van der Waals surface area contributed by atoms with Crippen molar-refractivity contribution >= 4 is 34.5 Å². The number of phenols is 1. The molecule has 0 amide bonds. The number of aromatic nitrogens is 1. The molecule has 0 saturated heterocycles. The molecule has 0 unspecified atom stereocenters. The van der Waals surface area contributed by atoms with Gasteiger partial charge in [-0.05, 0) is 41.8 Å². The van der Waals surface area contributed by atoms with Crippen molar-refractivity contribution in [2.24, 2.45) is 0 Å². The average Bonchev–Trinajstić information content (AvgIpc) is 2.89. The van der Waals surface area contributed by atoms with Crippen LogP contribution >= 0.6 is 34.5 Å². The molecule has 0 atom stereocenters. The van der Waals surface area contributed by atoms with Crippen LogP contribution in [0.15, 0.2) is 35.1 Å². The molecule has 5 nitrogen and oxygen atoms in total. The van der Waals surface area contributed by atoms with Crippen LogP contribution in [0, 0.1) is 0 Å². The molecular weight excluding hydrogens is 409 g/mol. The largest absolute Gasteiger partial charge is 0.508 e. The van der Waals surface area contributed by atoms with Crippen molar-refractivity contribution in [3.8, 4) is 23.1 Å². The van der Waals surface area contributed by atoms with E-state index >= 15 is 0 Å². The molecule has 0 aliphatic heterocycles. The Labute approximate surface area is 169 Å². The smallest absolute Gasteiger partial charge is 0.307 e. The van der Waals surface area contributed by atoms with Gasteiger partial charge in [-0.3, -0.25) is 9.78 Å². The van der Waals surface area contributed by atoms with Gasteiger partial charge in [0.2, 0.25) is 5.88 Å². The van der Waals surface area contributed by atoms with Crippen LogP contribution in [0.1, 0.15) is 35.8 Å². The lowest BCUT2D eigenvalue weighted by atomic mass is 10.0. The first-order valence-corrected chi connectivity index (χ1v) is 9.71. The summed E-state index contributed by atoms with van der Waals surface area (Å²) in [5, 5.41) is 20.3. The van der Waals surface area contributed by atoms with Gasteiger partial charge in [-0.15, -0.1) is 0 Å². The van der Waals surface area contributed by atoms with E-state index in [0.29, 0.717) is 32.8 Å². The highest BCUT2D eigenvalue weighted by Gasteiger charge is 2.15. The first-order chi connectivity index (χ1) is 12.7. The number of thiazole rings is 1. The number of rotatable bonds is 5. The van der Waals surface area contributed by atoms with Crippen molar-refractivity contribution in [2.75, 3.05) is 0 Å². The van der Waals surface area contributed by atoms with Gasteiger partial charge in [0.25, 0.3) is 0 Å². The number of benzene rings is 2. The van der Waals surface area contributed by atoms with Crippen LogP contribution in [0.4, 0.5) is 0 Å². The Balaban J connectivity index is 1.88. The molecule has 1 aromatic heterocycles. The van der Waals surface area contributed by atoms with Gasteiger partial charge in [-0.1, -0.05) is 48.4 Å². The number of nitrogens with one attached hydrogen (secondary N) is 1. The summed E-state index contributed by atoms with van der Waals surface area (Å²) in [5.41, 5.74) is 1.49. The van der Waals surface area contributed by atoms with Crippen LogP contribution in [0.5, 0.6) is 23.1 Å². The Morgan fingerprint density at radius 3 is 2.37 bits per heavy atom. The quantitative estimate of drug-likeness (QED) is 0.492. The van der Waals surface area contributed by atoms with Crippen LogP contribution in [-0.4, -0.2) is 15.2 Å². The molecule has 3 N–H and O–H groups in total. The van der Waals surface area contributed by atoms with E-state index in [0.717, 1.165) is 22.5 Å². The van der Waals surface area contributed by atoms with Gasteiger partial charge in [0.05, 0.1) is 14.9 Å². The number of ether oxygens (including phenoxy) is 1. The van der Waals surface area contributed by atoms with Gasteiger partial charge in [-0.25, -0.2) is 0 Å². The van der Waals surface area contributed by atoms with E-state index in [1.165, 1.54) is 0 Å². The molecule has 0 bridgehead atoms. The number of aromatic amines is 1. The van der Waals surface area contributed by atoms with Gasteiger partial charge in [0, 0.05) is 12.0 Å². The first-order valence-electron chi connectivity index (χ1n) is 8.14. The van der Waals surface area contributed by atoms with Crippen LogP contribution in [0.2, 0.25) is 10.0 Å². The molecule has 8 heteroatoms. The number of H-pyrrole nitrogens is 1. The second-order valence-corrected chi connectivity index (χ2v) is 8.21. The lowest BCUT2D eigenvalue weighted by molar-refractivity contribution is 0.451. The Morgan fingerprint density at radius 1 is 1.15 bits per heavy atom. The summed E-state index contributed by atoms with van der Waals surface area (Å²) in [7, 11) is 0. The van der Waals surface area contributed by atoms with Gasteiger partial charge in [0.1, 0.15) is 11.5 Å². The van der Waals surface area contributed by atoms with Crippen LogP contribution in [0.25, 0.3) is 0 Å². The summed E-state index contributed by atoms with van der Waals surface area (Å²) in [6.07, 6.45) is 0.311. The fourth-order valence-corrected chi connectivity index (χ4v) is 4.01. The zero-order valence-electron chi connectivity index (χ0n) is 14.5. The molecule has 0 saturated carbocycles. The fraction of sp³-hybridized carbons (Fsp3) is 0.211. The topological polar surface area (TPSA) is 82.6 Å². The Hall–Kier alpha value is -2.15. The molecule has 27 heavy (non-hydrogen) atoms. The van der Waals surface area contributed by atoms with Gasteiger partial charge in [-0.2, -0.15) is 0 Å². The van der Waals surface area contributed by atoms with Crippen LogP contribution in [0.3, 0.4) is 0 Å². The van der Waals surface area contributed by atoms with Crippen molar-refractivity contribution < 1.29 is 14.9 Å². The summed E-state index contributed by atoms with van der Waals surface area (Å²) in [5.74, 6) is 0.990. The molecule has 2 aromatic carbocycles. The van der Waals surface area contributed by atoms with E-state index in [9.17, 15) is 15.0 Å². The SMILES string of the molecule is CC(C)c1cc(Oc2c(Cl)cc(Cc3sc(=O)[nH]c3O)cc2Cl)ccc1O. The van der Waals surface area contributed by atoms with Crippen molar-refractivity contribution in [3.63, 3.8) is 0 Å². The number of hydrogen-bond acceptors (Lipinski definition) is 5. The standard InChI is InChI=1S/C19H17Cl2NO4S/c1-9(2)12-8-11(3-4-15(12)23)26-17-13(20)5-10(6-14(17)21)7-16-18(24)22-19(25)27-16/h3-6,8-9,23-24H,7H2,1-2H3,(H,22,25). The Morgan fingerprint density at radius 2 is 1.81 bits per heavy atom. The van der Waals surface area contributed by atoms with Gasteiger partial charge >= 0.3 is 4.87 Å². The number of aromatic hydroxyl groups is 2. The maximum Gasteiger partial charge on any atom is 0.307 e. The Kier molecular flexibility index (Phi) is 5.69. The third-order valence-corrected chi connectivity index (χ3v) is 5.40. The molecule has 0 radical (unpaired) electrons. The summed E-state index contributed by atoms with van der Waals surface area (Å²) in [6, 6.07) is 8.30. The second kappa shape index (κ2) is 7.84. The molecular formula is C19H17Cl2NO4S. The summed E-state index contributed by atoms with van der Waals surface area (Å²) in [6.45, 7) is 3.94. The average molecular weight is 426 g/mol. The Bertz CT molecular complexity index is 1020. The van der Waals surface area contributed by atoms with Crippen LogP contribution in [-0.2, 0) is 6.42 Å². The summed E-state index contributed by atoms with van der Waals surface area (Å²) < 4.78 is 5.84. The van der Waals surface area contributed by atoms with E-state index in [4.69, 9.17) is 27.9 Å². The zero-order chi connectivity index (χ0) is 19.7. The maximum absolute atomic E-state index is 11.3. The predicted octanol–water partition coefficient (Wildman–Crippen LogP) is 5.66. The molecule has 3 aromatic rings. The highest BCUT2D eigenvalue weighted by atomic mass is 35.5. The van der Waals surface area contributed by atoms with Crippen LogP contribution < -0.4 is 9.61 Å². The minimum atomic E-state index is -0.326. The minimum absolute atomic E-state index is 0.128. The van der Waals surface area contributed by atoms with Crippen molar-refractivity contribution in [3.05, 3.63) is 66.0 Å². The summed E-state index contributed by atoms with van der Waals surface area (Å²) >= 11 is 13.6. The maximum atomic E-state index is 11.3. The van der Waals surface area contributed by atoms with E-state index in [1.807, 2.05) is 13.8 Å². The first kappa shape index (κ1) is 19.6. The van der Waals surface area contributed by atoms with Crippen molar-refractivity contribution in [1.82, 2.24) is 4.98 Å². The fourth-order valence-electron chi connectivity index (χ4n) is 2.65. The minimum Gasteiger partial charge on any atom is -0.508 e. The lowest BCUT2D eigenvalue weighted by Gasteiger charge is -2.14. The normalized spacial score (nSPS) is 11.1. The highest BCUT2D eigenvalue weighted by Crippen LogP contribution is 2.39. The van der Waals surface area contributed by atoms with E-state index in [-0.39, 0.29) is 22.4 Å². The van der Waals surface area contributed by atoms with Crippen molar-refractivity contribution in [2.45, 2.75) is 26.2 Å². The van der Waals surface area contributed by atoms with Crippen molar-refractivity contribution in [1.29, 1.82) is 0 Å². The van der Waals surface area contributed by atoms with Gasteiger partial charge < -0.3 is 14.9 Å². The molecule has 0 fully saturated rings. The second-order valence-electron chi connectivity index (χ2n) is 6.33. The molecule has 0 aliphatic rings. The molecule has 1 heterocycles. The molecule has 142 valence electrons. The highest BCUT2D eigenvalue weighted by molar-refractivity contribution is 7.09. The third kappa shape index (κ3) is 4.40. The number of phenolic OH excluding ortho intramolecular Hbond substituents is 1. The monoisotopic (exact) mass is 425 g/mol. The van der Waals surface area contributed by atoms with Gasteiger partial charge in [0.15, 0.2) is 5.75 Å².